The van der Waals surface area contributed by atoms with Gasteiger partial charge in [-0.2, -0.15) is 0 Å². The number of rotatable bonds is 20. The number of benzene rings is 1. The fraction of sp³-hybridized carbons (Fsp3) is 0.632. The molecule has 0 aromatic heterocycles. The molecule has 0 unspecified atom stereocenters. The lowest BCUT2D eigenvalue weighted by Crippen LogP contribution is -2.56. The quantitative estimate of drug-likeness (QED) is 0.0701. The monoisotopic (exact) mass is 800 g/mol. The fourth-order valence-electron chi connectivity index (χ4n) is 6.88. The molecule has 0 spiro atoms. The van der Waals surface area contributed by atoms with E-state index in [0.717, 1.165) is 18.1 Å². The summed E-state index contributed by atoms with van der Waals surface area (Å²) in [5, 5.41) is 20.5. The van der Waals surface area contributed by atoms with Crippen LogP contribution in [0.25, 0.3) is 0 Å². The summed E-state index contributed by atoms with van der Waals surface area (Å²) in [4.78, 5) is 108. The number of likely N-dealkylation sites (N-methyl/N-ethyl adjacent to an activating group) is 1. The molecule has 1 aromatic rings. The molecule has 7 N–H and O–H groups in total. The molecule has 5 amide bonds. The molecule has 0 bridgehead atoms. The van der Waals surface area contributed by atoms with E-state index in [4.69, 9.17) is 5.73 Å². The van der Waals surface area contributed by atoms with Crippen molar-refractivity contribution in [2.75, 3.05) is 105 Å². The maximum absolute atomic E-state index is 13.4. The predicted octanol–water partition coefficient (Wildman–Crippen LogP) is -3.51. The van der Waals surface area contributed by atoms with Gasteiger partial charge in [0.25, 0.3) is 0 Å². The van der Waals surface area contributed by atoms with E-state index in [1.807, 2.05) is 49.9 Å². The summed E-state index contributed by atoms with van der Waals surface area (Å²) in [5.41, 5.74) is 6.06. The number of likely N-dealkylation sites (tertiary alicyclic amines) is 1. The highest BCUT2D eigenvalue weighted by Gasteiger charge is 2.29. The zero-order valence-corrected chi connectivity index (χ0v) is 32.9. The Kier molecular flexibility index (Phi) is 20.8. The van der Waals surface area contributed by atoms with Crippen LogP contribution in [-0.4, -0.2) is 201 Å². The zero-order chi connectivity index (χ0) is 41.6. The number of carboxylic acid groups (broad SMARTS) is 1. The Morgan fingerprint density at radius 3 is 1.72 bits per heavy atom. The SMILES string of the molecule is CNC(=O)[C@H](CCC(N)=O)NC(=O)[C@@H](Cc1ccccc1)NC(=O)CN1CCC(NC(=O)CN2CCN(CC=O)CCN(CC=O)CCN(CC(=O)O)CC2)CC1. The second-order valence-electron chi connectivity index (χ2n) is 14.5. The van der Waals surface area contributed by atoms with E-state index >= 15 is 0 Å². The number of amides is 5. The molecule has 2 saturated heterocycles. The topological polar surface area (TPSA) is 247 Å². The van der Waals surface area contributed by atoms with Crippen molar-refractivity contribution in [2.45, 2.75) is 50.2 Å². The van der Waals surface area contributed by atoms with Crippen LogP contribution in [0, 0.1) is 0 Å². The normalized spacial score (nSPS) is 18.5. The molecule has 57 heavy (non-hydrogen) atoms. The zero-order valence-electron chi connectivity index (χ0n) is 32.9. The first-order valence-corrected chi connectivity index (χ1v) is 19.5. The highest BCUT2D eigenvalue weighted by molar-refractivity contribution is 5.92. The smallest absolute Gasteiger partial charge is 0.317 e. The number of aldehydes is 2. The van der Waals surface area contributed by atoms with Crippen molar-refractivity contribution in [2.24, 2.45) is 5.73 Å². The summed E-state index contributed by atoms with van der Waals surface area (Å²) in [6.45, 7) is 5.24. The lowest BCUT2D eigenvalue weighted by molar-refractivity contribution is -0.138. The van der Waals surface area contributed by atoms with E-state index in [1.54, 1.807) is 4.90 Å². The van der Waals surface area contributed by atoms with Gasteiger partial charge in [-0.05, 0) is 24.8 Å². The first kappa shape index (κ1) is 46.6. The molecular weight excluding hydrogens is 740 g/mol. The lowest BCUT2D eigenvalue weighted by atomic mass is 10.0. The number of carbonyl (C=O) groups excluding carboxylic acids is 7. The van der Waals surface area contributed by atoms with E-state index < -0.39 is 35.8 Å². The van der Waals surface area contributed by atoms with Crippen LogP contribution < -0.4 is 27.0 Å². The van der Waals surface area contributed by atoms with Crippen molar-refractivity contribution in [3.05, 3.63) is 35.9 Å². The molecular formula is C38H60N10O9. The summed E-state index contributed by atoms with van der Waals surface area (Å²) in [6, 6.07) is 7.00. The number of carbonyl (C=O) groups is 8. The minimum absolute atomic E-state index is 0.00484. The van der Waals surface area contributed by atoms with Gasteiger partial charge >= 0.3 is 5.97 Å². The van der Waals surface area contributed by atoms with Gasteiger partial charge < -0.3 is 41.7 Å². The summed E-state index contributed by atoms with van der Waals surface area (Å²) >= 11 is 0. The Balaban J connectivity index is 1.55. The van der Waals surface area contributed by atoms with Crippen molar-refractivity contribution in [3.63, 3.8) is 0 Å². The Morgan fingerprint density at radius 2 is 1.21 bits per heavy atom. The third-order valence-corrected chi connectivity index (χ3v) is 10.1. The van der Waals surface area contributed by atoms with Gasteiger partial charge in [0, 0.05) is 91.4 Å². The van der Waals surface area contributed by atoms with E-state index in [1.165, 1.54) is 7.05 Å². The largest absolute Gasteiger partial charge is 0.480 e. The molecule has 19 nitrogen and oxygen atoms in total. The molecule has 2 aliphatic heterocycles. The molecule has 0 saturated carbocycles. The second-order valence-corrected chi connectivity index (χ2v) is 14.5. The van der Waals surface area contributed by atoms with Crippen molar-refractivity contribution < 1.29 is 43.5 Å². The average molecular weight is 801 g/mol. The minimum atomic E-state index is -1.02. The molecule has 2 aliphatic rings. The highest BCUT2D eigenvalue weighted by Crippen LogP contribution is 2.11. The first-order valence-electron chi connectivity index (χ1n) is 19.5. The van der Waals surface area contributed by atoms with Crippen LogP contribution in [0.1, 0.15) is 31.2 Å². The number of hydrogen-bond acceptors (Lipinski definition) is 13. The maximum Gasteiger partial charge on any atom is 0.317 e. The summed E-state index contributed by atoms with van der Waals surface area (Å²) in [5.74, 6) is -3.19. The van der Waals surface area contributed by atoms with E-state index in [0.29, 0.717) is 78.3 Å². The summed E-state index contributed by atoms with van der Waals surface area (Å²) in [6.07, 6.45) is 2.90. The third-order valence-electron chi connectivity index (χ3n) is 10.1. The average Bonchev–Trinajstić information content (AvgIpc) is 3.17. The van der Waals surface area contributed by atoms with Crippen molar-refractivity contribution >= 4 is 48.1 Å². The number of carboxylic acids is 1. The molecule has 2 atom stereocenters. The van der Waals surface area contributed by atoms with Crippen LogP contribution in [0.5, 0.6) is 0 Å². The van der Waals surface area contributed by atoms with E-state index in [-0.39, 0.29) is 69.8 Å². The number of nitrogens with one attached hydrogen (secondary N) is 4. The number of primary amides is 1. The van der Waals surface area contributed by atoms with Gasteiger partial charge in [0.2, 0.25) is 29.5 Å². The number of hydrogen-bond donors (Lipinski definition) is 6. The Labute approximate surface area is 334 Å². The first-order chi connectivity index (χ1) is 27.4. The van der Waals surface area contributed by atoms with Crippen LogP contribution in [0.15, 0.2) is 30.3 Å². The minimum Gasteiger partial charge on any atom is -0.480 e. The second kappa shape index (κ2) is 25.4. The van der Waals surface area contributed by atoms with E-state index in [2.05, 4.69) is 21.3 Å². The Morgan fingerprint density at radius 1 is 0.702 bits per heavy atom. The molecule has 19 heteroatoms. The lowest BCUT2D eigenvalue weighted by Gasteiger charge is -2.34. The van der Waals surface area contributed by atoms with Gasteiger partial charge in [-0.15, -0.1) is 0 Å². The Hall–Kier alpha value is -4.82. The van der Waals surface area contributed by atoms with Crippen LogP contribution in [0.3, 0.4) is 0 Å². The fourth-order valence-corrected chi connectivity index (χ4v) is 6.88. The highest BCUT2D eigenvalue weighted by atomic mass is 16.4. The number of aliphatic carboxylic acids is 1. The third kappa shape index (κ3) is 18.3. The van der Waals surface area contributed by atoms with Crippen molar-refractivity contribution in [3.8, 4) is 0 Å². The number of nitrogens with two attached hydrogens (primary N) is 1. The predicted molar refractivity (Wildman–Crippen MR) is 210 cm³/mol. The van der Waals surface area contributed by atoms with Gasteiger partial charge in [-0.3, -0.25) is 53.3 Å². The van der Waals surface area contributed by atoms with Gasteiger partial charge in [0.15, 0.2) is 0 Å². The summed E-state index contributed by atoms with van der Waals surface area (Å²) < 4.78 is 0. The maximum atomic E-state index is 13.4. The molecule has 0 radical (unpaired) electrons. The van der Waals surface area contributed by atoms with Crippen LogP contribution in [-0.2, 0) is 44.8 Å². The molecule has 3 rings (SSSR count). The van der Waals surface area contributed by atoms with Crippen molar-refractivity contribution in [1.82, 2.24) is 45.8 Å². The molecule has 2 heterocycles. The molecule has 316 valence electrons. The van der Waals surface area contributed by atoms with E-state index in [9.17, 15) is 43.5 Å². The number of nitrogens with zero attached hydrogens (tertiary/aromatic N) is 5. The number of piperidine rings is 1. The van der Waals surface area contributed by atoms with Gasteiger partial charge in [-0.25, -0.2) is 0 Å². The van der Waals surface area contributed by atoms with Crippen LogP contribution in [0.2, 0.25) is 0 Å². The van der Waals surface area contributed by atoms with Gasteiger partial charge in [-0.1, -0.05) is 30.3 Å². The van der Waals surface area contributed by atoms with Crippen LogP contribution >= 0.6 is 0 Å². The standard InChI is InChI=1S/C38H60N10O9/c1-40-37(56)31(7-8-33(39)51)43-38(57)32(25-29-5-3-2-4-6-29)42-35(53)27-46-11-9-30(10-12-46)41-34(52)26-47-17-15-44(21-23-49)13-14-45(22-24-50)16-18-48(20-19-47)28-36(54)55/h2-6,23-24,30-32H,7-22,25-28H2,1H3,(H2,39,51)(H,40,56)(H,41,52)(H,42,53)(H,43,57)(H,54,55)/t31-,32+/m0/s1. The van der Waals surface area contributed by atoms with Crippen LogP contribution in [0.4, 0.5) is 0 Å². The Bertz CT molecular complexity index is 1480. The molecule has 2 fully saturated rings. The van der Waals surface area contributed by atoms with Gasteiger partial charge in [0.05, 0.1) is 32.7 Å². The molecule has 1 aromatic carbocycles. The van der Waals surface area contributed by atoms with Crippen molar-refractivity contribution in [1.29, 1.82) is 0 Å². The summed E-state index contributed by atoms with van der Waals surface area (Å²) in [7, 11) is 1.42. The van der Waals surface area contributed by atoms with Gasteiger partial charge in [0.1, 0.15) is 24.7 Å². The molecule has 0 aliphatic carbocycles.